The van der Waals surface area contributed by atoms with Gasteiger partial charge in [0.1, 0.15) is 0 Å². The summed E-state index contributed by atoms with van der Waals surface area (Å²) in [5, 5.41) is 17.5. The van der Waals surface area contributed by atoms with Gasteiger partial charge in [0.15, 0.2) is 10.3 Å². The minimum absolute atomic E-state index is 0.460. The van der Waals surface area contributed by atoms with E-state index in [1.807, 2.05) is 50.2 Å². The van der Waals surface area contributed by atoms with E-state index >= 15 is 0 Å². The summed E-state index contributed by atoms with van der Waals surface area (Å²) in [7, 11) is 0. The fraction of sp³-hybridized carbons (Fsp3) is 0.304. The highest BCUT2D eigenvalue weighted by molar-refractivity contribution is 8.14. The SMILES string of the molecule is C/C(C/C(C)=N/N=C(\N)SCCc1ccccc1)=N\N=C(/N)SCCc1ccccc1. The van der Waals surface area contributed by atoms with Gasteiger partial charge in [0.25, 0.3) is 0 Å². The van der Waals surface area contributed by atoms with Crippen molar-refractivity contribution >= 4 is 45.3 Å². The summed E-state index contributed by atoms with van der Waals surface area (Å²) in [6, 6.07) is 20.6. The number of thioether (sulfide) groups is 2. The number of benzene rings is 2. The van der Waals surface area contributed by atoms with E-state index in [0.29, 0.717) is 16.8 Å². The van der Waals surface area contributed by atoms with Crippen LogP contribution < -0.4 is 11.5 Å². The fourth-order valence-corrected chi connectivity index (χ4v) is 3.90. The maximum absolute atomic E-state index is 5.94. The first-order chi connectivity index (χ1) is 15.0. The highest BCUT2D eigenvalue weighted by atomic mass is 32.2. The summed E-state index contributed by atoms with van der Waals surface area (Å²) in [4.78, 5) is 0. The fourth-order valence-electron chi connectivity index (χ4n) is 2.60. The van der Waals surface area contributed by atoms with Gasteiger partial charge in [0, 0.05) is 29.3 Å². The second-order valence-corrected chi connectivity index (χ2v) is 9.12. The van der Waals surface area contributed by atoms with Crippen LogP contribution >= 0.6 is 23.5 Å². The van der Waals surface area contributed by atoms with Crippen molar-refractivity contribution in [3.8, 4) is 0 Å². The van der Waals surface area contributed by atoms with Crippen molar-refractivity contribution in [1.29, 1.82) is 0 Å². The van der Waals surface area contributed by atoms with Crippen molar-refractivity contribution in [2.45, 2.75) is 33.1 Å². The first-order valence-electron chi connectivity index (χ1n) is 10.1. The minimum atomic E-state index is 0.460. The van der Waals surface area contributed by atoms with Crippen LogP contribution in [0.3, 0.4) is 0 Å². The Balaban J connectivity index is 1.71. The Hall–Kier alpha value is -2.58. The molecule has 164 valence electrons. The maximum Gasteiger partial charge on any atom is 0.180 e. The molecule has 0 aliphatic rings. The summed E-state index contributed by atoms with van der Waals surface area (Å²) >= 11 is 3.00. The zero-order valence-electron chi connectivity index (χ0n) is 18.1. The summed E-state index contributed by atoms with van der Waals surface area (Å²) in [5.74, 6) is 1.73. The quantitative estimate of drug-likeness (QED) is 0.308. The molecule has 6 nitrogen and oxygen atoms in total. The maximum atomic E-state index is 5.94. The number of nitrogens with zero attached hydrogens (tertiary/aromatic N) is 4. The summed E-state index contributed by atoms with van der Waals surface area (Å²) < 4.78 is 0. The second-order valence-electron chi connectivity index (χ2n) is 6.89. The van der Waals surface area contributed by atoms with Crippen LogP contribution in [0, 0.1) is 0 Å². The summed E-state index contributed by atoms with van der Waals surface area (Å²) in [6.45, 7) is 3.79. The molecule has 0 spiro atoms. The lowest BCUT2D eigenvalue weighted by Crippen LogP contribution is -2.09. The van der Waals surface area contributed by atoms with Crippen molar-refractivity contribution in [2.75, 3.05) is 11.5 Å². The zero-order chi connectivity index (χ0) is 22.3. The number of rotatable bonds is 10. The van der Waals surface area contributed by atoms with Crippen LogP contribution in [0.15, 0.2) is 81.1 Å². The Kier molecular flexibility index (Phi) is 11.5. The first-order valence-corrected chi connectivity index (χ1v) is 12.1. The van der Waals surface area contributed by atoms with E-state index in [0.717, 1.165) is 35.8 Å². The highest BCUT2D eigenvalue weighted by Crippen LogP contribution is 2.08. The molecule has 0 heterocycles. The molecule has 0 aromatic heterocycles. The Morgan fingerprint density at radius 2 is 1.03 bits per heavy atom. The van der Waals surface area contributed by atoms with Crippen molar-refractivity contribution in [2.24, 2.45) is 31.9 Å². The third-order valence-electron chi connectivity index (χ3n) is 4.12. The molecular formula is C23H30N6S2. The molecule has 0 saturated carbocycles. The molecule has 0 amide bonds. The van der Waals surface area contributed by atoms with Gasteiger partial charge in [0.05, 0.1) is 0 Å². The van der Waals surface area contributed by atoms with Crippen molar-refractivity contribution in [3.05, 3.63) is 71.8 Å². The van der Waals surface area contributed by atoms with Gasteiger partial charge in [-0.15, -0.1) is 10.2 Å². The molecule has 0 atom stereocenters. The van der Waals surface area contributed by atoms with E-state index < -0.39 is 0 Å². The molecule has 31 heavy (non-hydrogen) atoms. The van der Waals surface area contributed by atoms with E-state index in [-0.39, 0.29) is 0 Å². The topological polar surface area (TPSA) is 101 Å². The van der Waals surface area contributed by atoms with Gasteiger partial charge < -0.3 is 11.5 Å². The summed E-state index contributed by atoms with van der Waals surface area (Å²) in [5.41, 5.74) is 16.1. The Bertz CT molecular complexity index is 833. The van der Waals surface area contributed by atoms with Gasteiger partial charge in [-0.3, -0.25) is 0 Å². The Morgan fingerprint density at radius 1 is 0.645 bits per heavy atom. The summed E-state index contributed by atoms with van der Waals surface area (Å²) in [6.07, 6.45) is 2.45. The van der Waals surface area contributed by atoms with Gasteiger partial charge >= 0.3 is 0 Å². The molecule has 0 fully saturated rings. The van der Waals surface area contributed by atoms with Crippen LogP contribution in [0.1, 0.15) is 31.4 Å². The number of hydrogen-bond donors (Lipinski definition) is 2. The lowest BCUT2D eigenvalue weighted by atomic mass is 10.2. The molecule has 4 N–H and O–H groups in total. The number of amidine groups is 2. The van der Waals surface area contributed by atoms with Crippen molar-refractivity contribution in [3.63, 3.8) is 0 Å². The number of aryl methyl sites for hydroxylation is 2. The van der Waals surface area contributed by atoms with Crippen LogP contribution in [0.25, 0.3) is 0 Å². The van der Waals surface area contributed by atoms with E-state index in [4.69, 9.17) is 11.5 Å². The predicted molar refractivity (Wildman–Crippen MR) is 139 cm³/mol. The molecule has 8 heteroatoms. The molecule has 2 aromatic rings. The zero-order valence-corrected chi connectivity index (χ0v) is 19.7. The molecule has 0 aliphatic carbocycles. The normalized spacial score (nSPS) is 13.5. The van der Waals surface area contributed by atoms with Crippen LogP contribution in [0.4, 0.5) is 0 Å². The Labute approximate surface area is 193 Å². The number of nitrogens with two attached hydrogens (primary N) is 2. The van der Waals surface area contributed by atoms with Gasteiger partial charge in [-0.05, 0) is 37.8 Å². The van der Waals surface area contributed by atoms with E-state index in [9.17, 15) is 0 Å². The van der Waals surface area contributed by atoms with E-state index in [2.05, 4.69) is 44.7 Å². The largest absolute Gasteiger partial charge is 0.377 e. The molecular weight excluding hydrogens is 424 g/mol. The van der Waals surface area contributed by atoms with Gasteiger partial charge in [-0.25, -0.2) is 0 Å². The third kappa shape index (κ3) is 11.4. The lowest BCUT2D eigenvalue weighted by Gasteiger charge is -2.01. The van der Waals surface area contributed by atoms with Crippen LogP contribution in [0.2, 0.25) is 0 Å². The van der Waals surface area contributed by atoms with Crippen LogP contribution in [0.5, 0.6) is 0 Å². The third-order valence-corrected chi connectivity index (χ3v) is 5.69. The minimum Gasteiger partial charge on any atom is -0.377 e. The van der Waals surface area contributed by atoms with E-state index in [1.54, 1.807) is 0 Å². The average molecular weight is 455 g/mol. The monoisotopic (exact) mass is 454 g/mol. The lowest BCUT2D eigenvalue weighted by molar-refractivity contribution is 1.16. The molecule has 0 radical (unpaired) electrons. The average Bonchev–Trinajstić information content (AvgIpc) is 2.78. The molecule has 0 unspecified atom stereocenters. The van der Waals surface area contributed by atoms with Gasteiger partial charge in [0.2, 0.25) is 0 Å². The van der Waals surface area contributed by atoms with Crippen LogP contribution in [-0.2, 0) is 12.8 Å². The van der Waals surface area contributed by atoms with Gasteiger partial charge in [-0.2, -0.15) is 10.2 Å². The standard InChI is InChI=1S/C23H30N6S2/c1-18(26-28-22(24)30-15-13-20-9-5-3-6-10-20)17-19(2)27-29-23(25)31-16-14-21-11-7-4-8-12-21/h3-12H,13-17H2,1-2H3,(H2,24,28)(H2,25,29)/b26-18+,27-19+. The molecule has 2 rings (SSSR count). The molecule has 0 saturated heterocycles. The molecule has 2 aromatic carbocycles. The highest BCUT2D eigenvalue weighted by Gasteiger charge is 2.00. The Morgan fingerprint density at radius 3 is 1.42 bits per heavy atom. The predicted octanol–water partition coefficient (Wildman–Crippen LogP) is 4.71. The first kappa shape index (κ1) is 24.7. The second kappa shape index (κ2) is 14.4. The molecule has 0 aliphatic heterocycles. The van der Waals surface area contributed by atoms with Crippen molar-refractivity contribution < 1.29 is 0 Å². The van der Waals surface area contributed by atoms with Gasteiger partial charge in [-0.1, -0.05) is 84.2 Å². The van der Waals surface area contributed by atoms with Crippen LogP contribution in [-0.4, -0.2) is 33.3 Å². The van der Waals surface area contributed by atoms with E-state index in [1.165, 1.54) is 34.7 Å². The smallest absolute Gasteiger partial charge is 0.180 e. The number of hydrogen-bond acceptors (Lipinski definition) is 6. The van der Waals surface area contributed by atoms with Crippen molar-refractivity contribution in [1.82, 2.24) is 0 Å². The molecule has 0 bridgehead atoms.